The minimum Gasteiger partial charge on any atom is -0.493 e. The summed E-state index contributed by atoms with van der Waals surface area (Å²) in [6, 6.07) is 25.6. The lowest BCUT2D eigenvalue weighted by molar-refractivity contribution is 0.275. The molecule has 356 valence electrons. The first-order chi connectivity index (χ1) is 33.4. The normalized spacial score (nSPS) is 15.2. The van der Waals surface area contributed by atoms with Gasteiger partial charge in [-0.3, -0.25) is 4.99 Å². The Bertz CT molecular complexity index is 2900. The Morgan fingerprint density at radius 2 is 1.07 bits per heavy atom. The second-order valence-electron chi connectivity index (χ2n) is 19.6. The van der Waals surface area contributed by atoms with Crippen molar-refractivity contribution in [3.05, 3.63) is 154 Å². The summed E-state index contributed by atoms with van der Waals surface area (Å²) in [6.07, 6.45) is 16.6. The maximum Gasteiger partial charge on any atom is 0.176 e. The van der Waals surface area contributed by atoms with Crippen LogP contribution < -0.4 is 34.4 Å². The fraction of sp³-hybridized carbons (Fsp3) is 0.356. The van der Waals surface area contributed by atoms with Crippen molar-refractivity contribution in [1.82, 2.24) is 4.98 Å². The fourth-order valence-corrected chi connectivity index (χ4v) is 8.01. The molecule has 0 aliphatic carbocycles. The number of rotatable bonds is 20. The molecular weight excluding hydrogens is 859 g/mol. The molecule has 4 aliphatic rings. The van der Waals surface area contributed by atoms with Crippen LogP contribution in [0.3, 0.4) is 0 Å². The number of allylic oxidation sites excluding steroid dienone is 6. The van der Waals surface area contributed by atoms with E-state index in [4.69, 9.17) is 38.7 Å². The van der Waals surface area contributed by atoms with Gasteiger partial charge in [0.05, 0.1) is 66.2 Å². The lowest BCUT2D eigenvalue weighted by Crippen LogP contribution is -2.22. The van der Waals surface area contributed by atoms with E-state index in [1.807, 2.05) is 36.4 Å². The van der Waals surface area contributed by atoms with Crippen molar-refractivity contribution in [2.24, 2.45) is 38.6 Å². The van der Waals surface area contributed by atoms with E-state index < -0.39 is 0 Å². The van der Waals surface area contributed by atoms with Crippen LogP contribution in [-0.2, 0) is 0 Å². The number of hydrogen-bond acceptors (Lipinski definition) is 9. The molecule has 0 spiro atoms. The Morgan fingerprint density at radius 3 is 1.61 bits per heavy atom. The summed E-state index contributed by atoms with van der Waals surface area (Å²) < 4.78 is 32.5. The largest absolute Gasteiger partial charge is 0.493 e. The lowest BCUT2D eigenvalue weighted by atomic mass is 9.99. The molecule has 4 aromatic rings. The van der Waals surface area contributed by atoms with Gasteiger partial charge in [-0.25, -0.2) is 9.98 Å². The fourth-order valence-electron chi connectivity index (χ4n) is 8.01. The molecule has 0 saturated carbocycles. The van der Waals surface area contributed by atoms with E-state index in [9.17, 15) is 5.26 Å². The van der Waals surface area contributed by atoms with Gasteiger partial charge in [-0.2, -0.15) is 5.26 Å². The van der Waals surface area contributed by atoms with E-state index in [2.05, 4.69) is 115 Å². The first-order valence-corrected chi connectivity index (χ1v) is 24.6. The second kappa shape index (κ2) is 22.3. The zero-order valence-corrected chi connectivity index (χ0v) is 41.4. The average molecular weight is 924 g/mol. The molecule has 8 bridgehead atoms. The highest BCUT2D eigenvalue weighted by Gasteiger charge is 2.25. The first kappa shape index (κ1) is 48.3. The van der Waals surface area contributed by atoms with Crippen molar-refractivity contribution < 1.29 is 23.7 Å². The van der Waals surface area contributed by atoms with Gasteiger partial charge in [0.2, 0.25) is 0 Å². The van der Waals surface area contributed by atoms with Gasteiger partial charge in [-0.1, -0.05) is 61.5 Å². The van der Waals surface area contributed by atoms with Gasteiger partial charge in [0.1, 0.15) is 34.5 Å². The van der Waals surface area contributed by atoms with Crippen LogP contribution in [-0.4, -0.2) is 48.5 Å². The maximum absolute atomic E-state index is 9.61. The molecule has 0 radical (unpaired) electrons. The third-order valence-corrected chi connectivity index (χ3v) is 12.0. The number of nitrogens with one attached hydrogen (secondary N) is 1. The number of ether oxygens (including phenoxy) is 5. The van der Waals surface area contributed by atoms with Gasteiger partial charge in [0.15, 0.2) is 5.76 Å². The van der Waals surface area contributed by atoms with Gasteiger partial charge in [-0.15, -0.1) is 0 Å². The van der Waals surface area contributed by atoms with Crippen LogP contribution >= 0.6 is 0 Å². The highest BCUT2D eigenvalue weighted by Crippen LogP contribution is 2.39. The Hall–Kier alpha value is -7.12. The number of nitrogens with zero attached hydrogens (tertiary/aromatic N) is 4. The minimum atomic E-state index is 0.499. The standard InChI is InChI=1S/C59H65N5O5/c1-37(2)21-25-65-47-29-42(30-48(34-47)66-26-22-38(3)4)57-51-15-11-44(61-51)33-45-12-16-52(62-45)58(43-31-49(67-27-23-39(5)6)35-50(32-43)68-28-24-40(7)8)54-18-20-56(64-54)59(55-19-17-53(57)63-55)69-46-13-9-41(36-60)10-14-46/h9-11,13-20,29-35,37-40,63H,12,21-28H2,1-8H3. The topological polar surface area (TPSA) is 123 Å². The van der Waals surface area contributed by atoms with E-state index in [1.54, 1.807) is 24.3 Å². The SMILES string of the molecule is CC(C)CCOc1cc(OCCC(C)C)cc(C2=C3C=CC(=N3)C(Oc3ccc(C#N)cc3)=c3ccc([nH]3)=C(c3cc(OCCC(C)C)cc(OCCC(C)C)c3)C3=NC(=CC4=NC2=CC4)C=C3)c1. The van der Waals surface area contributed by atoms with Crippen LogP contribution in [0.25, 0.3) is 16.9 Å². The Kier molecular flexibility index (Phi) is 15.6. The summed E-state index contributed by atoms with van der Waals surface area (Å²) in [4.78, 5) is 19.6. The van der Waals surface area contributed by atoms with Crippen molar-refractivity contribution >= 4 is 34.0 Å². The maximum atomic E-state index is 9.61. The first-order valence-electron chi connectivity index (χ1n) is 24.6. The number of benzene rings is 3. The van der Waals surface area contributed by atoms with E-state index in [1.165, 1.54) is 0 Å². The zero-order valence-electron chi connectivity index (χ0n) is 41.4. The third-order valence-electron chi connectivity index (χ3n) is 12.0. The molecule has 0 amide bonds. The Labute approximate surface area is 407 Å². The predicted molar refractivity (Wildman–Crippen MR) is 279 cm³/mol. The second-order valence-corrected chi connectivity index (χ2v) is 19.6. The van der Waals surface area contributed by atoms with E-state index in [0.717, 1.165) is 99.1 Å². The zero-order chi connectivity index (χ0) is 48.4. The monoisotopic (exact) mass is 923 g/mol. The van der Waals surface area contributed by atoms with Crippen molar-refractivity contribution in [3.8, 4) is 34.8 Å². The number of H-pyrrole nitrogens is 1. The molecule has 4 aliphatic heterocycles. The molecule has 69 heavy (non-hydrogen) atoms. The van der Waals surface area contributed by atoms with Crippen molar-refractivity contribution in [1.29, 1.82) is 5.26 Å². The van der Waals surface area contributed by atoms with Crippen LogP contribution in [0.1, 0.15) is 104 Å². The molecule has 0 atom stereocenters. The number of aromatic amines is 1. The van der Waals surface area contributed by atoms with Crippen molar-refractivity contribution in [2.45, 2.75) is 87.5 Å². The summed E-state index contributed by atoms with van der Waals surface area (Å²) >= 11 is 0. The van der Waals surface area contributed by atoms with Crippen LogP contribution in [0.15, 0.2) is 141 Å². The quantitative estimate of drug-likeness (QED) is 0.0942. The molecule has 0 saturated heterocycles. The Balaban J connectivity index is 1.34. The molecular formula is C59H65N5O5. The summed E-state index contributed by atoms with van der Waals surface area (Å²) in [5.41, 5.74) is 8.59. The highest BCUT2D eigenvalue weighted by molar-refractivity contribution is 6.30. The van der Waals surface area contributed by atoms with Crippen LogP contribution in [0.2, 0.25) is 0 Å². The molecule has 1 aromatic heterocycles. The smallest absolute Gasteiger partial charge is 0.176 e. The Morgan fingerprint density at radius 1 is 0.551 bits per heavy atom. The van der Waals surface area contributed by atoms with Gasteiger partial charge in [0.25, 0.3) is 0 Å². The highest BCUT2D eigenvalue weighted by atomic mass is 16.5. The predicted octanol–water partition coefficient (Wildman–Crippen LogP) is 12.0. The molecule has 5 heterocycles. The molecule has 0 unspecified atom stereocenters. The molecule has 8 rings (SSSR count). The number of hydrogen-bond donors (Lipinski definition) is 1. The van der Waals surface area contributed by atoms with Gasteiger partial charge in [-0.05, 0) is 152 Å². The van der Waals surface area contributed by atoms with E-state index >= 15 is 0 Å². The number of fused-ring (bicyclic) bond motifs is 5. The lowest BCUT2D eigenvalue weighted by Gasteiger charge is -2.16. The molecule has 1 N–H and O–H groups in total. The number of aromatic nitrogens is 1. The van der Waals surface area contributed by atoms with Gasteiger partial charge < -0.3 is 28.7 Å². The average Bonchev–Trinajstić information content (AvgIpc) is 4.16. The minimum absolute atomic E-state index is 0.499. The summed E-state index contributed by atoms with van der Waals surface area (Å²) in [5, 5.41) is 11.1. The van der Waals surface area contributed by atoms with Crippen LogP contribution in [0.5, 0.6) is 28.7 Å². The molecule has 10 nitrogen and oxygen atoms in total. The molecule has 10 heteroatoms. The number of nitriles is 1. The van der Waals surface area contributed by atoms with Crippen LogP contribution in [0, 0.1) is 35.0 Å². The van der Waals surface area contributed by atoms with Crippen LogP contribution in [0.4, 0.5) is 0 Å². The molecule has 3 aromatic carbocycles. The summed E-state index contributed by atoms with van der Waals surface area (Å²) in [5.74, 6) is 5.98. The van der Waals surface area contributed by atoms with Crippen molar-refractivity contribution in [2.75, 3.05) is 26.4 Å². The summed E-state index contributed by atoms with van der Waals surface area (Å²) in [7, 11) is 0. The van der Waals surface area contributed by atoms with Gasteiger partial charge in [0, 0.05) is 40.8 Å². The van der Waals surface area contributed by atoms with E-state index in [0.29, 0.717) is 90.3 Å². The van der Waals surface area contributed by atoms with Crippen molar-refractivity contribution in [3.63, 3.8) is 0 Å². The molecule has 0 fully saturated rings. The summed E-state index contributed by atoms with van der Waals surface area (Å²) in [6.45, 7) is 19.9. The third kappa shape index (κ3) is 12.7. The number of aliphatic imine (C=N–C) groups is 3. The van der Waals surface area contributed by atoms with E-state index in [-0.39, 0.29) is 0 Å². The van der Waals surface area contributed by atoms with Gasteiger partial charge >= 0.3 is 0 Å².